The van der Waals surface area contributed by atoms with Gasteiger partial charge in [0.2, 0.25) is 11.8 Å². The second kappa shape index (κ2) is 8.46. The van der Waals surface area contributed by atoms with E-state index in [1.807, 2.05) is 11.9 Å². The van der Waals surface area contributed by atoms with E-state index < -0.39 is 12.0 Å². The molecule has 1 N–H and O–H groups in total. The average Bonchev–Trinajstić information content (AvgIpc) is 2.57. The fourth-order valence-electron chi connectivity index (χ4n) is 3.53. The maximum atomic E-state index is 12.6. The van der Waals surface area contributed by atoms with Gasteiger partial charge in [-0.15, -0.1) is 0 Å². The number of nitrogens with zero attached hydrogens (tertiary/aromatic N) is 2. The van der Waals surface area contributed by atoms with Crippen LogP contribution in [0.3, 0.4) is 0 Å². The Kier molecular flexibility index (Phi) is 6.60. The second-order valence-corrected chi connectivity index (χ2v) is 6.98. The zero-order valence-electron chi connectivity index (χ0n) is 14.9. The van der Waals surface area contributed by atoms with Crippen molar-refractivity contribution in [1.82, 2.24) is 15.1 Å². The topological polar surface area (TPSA) is 79.0 Å². The molecule has 0 spiro atoms. The predicted octanol–water partition coefficient (Wildman–Crippen LogP) is 0.387. The van der Waals surface area contributed by atoms with Crippen molar-refractivity contribution in [2.75, 3.05) is 33.8 Å². The maximum Gasteiger partial charge on any atom is 0.307 e. The second-order valence-electron chi connectivity index (χ2n) is 6.98. The van der Waals surface area contributed by atoms with Gasteiger partial charge in [-0.3, -0.25) is 19.3 Å². The molecule has 0 aromatic heterocycles. The Morgan fingerprint density at radius 2 is 1.96 bits per heavy atom. The van der Waals surface area contributed by atoms with Gasteiger partial charge in [0, 0.05) is 26.2 Å². The molecule has 0 unspecified atom stereocenters. The van der Waals surface area contributed by atoms with Crippen molar-refractivity contribution < 1.29 is 19.1 Å². The Labute approximate surface area is 143 Å². The van der Waals surface area contributed by atoms with E-state index in [2.05, 4.69) is 17.0 Å². The molecule has 7 nitrogen and oxygen atoms in total. The van der Waals surface area contributed by atoms with E-state index >= 15 is 0 Å². The number of rotatable bonds is 5. The van der Waals surface area contributed by atoms with E-state index in [1.54, 1.807) is 4.90 Å². The third-order valence-electron chi connectivity index (χ3n) is 5.29. The van der Waals surface area contributed by atoms with Gasteiger partial charge in [-0.2, -0.15) is 0 Å². The van der Waals surface area contributed by atoms with Crippen molar-refractivity contribution in [2.24, 2.45) is 5.92 Å². The summed E-state index contributed by atoms with van der Waals surface area (Å²) in [7, 11) is 3.15. The van der Waals surface area contributed by atoms with Gasteiger partial charge in [0.25, 0.3) is 0 Å². The summed E-state index contributed by atoms with van der Waals surface area (Å²) in [4.78, 5) is 39.9. The van der Waals surface area contributed by atoms with Crippen molar-refractivity contribution in [3.05, 3.63) is 0 Å². The molecule has 1 aliphatic heterocycles. The number of methoxy groups -OCH3 is 1. The molecule has 0 aromatic rings. The van der Waals surface area contributed by atoms with E-state index in [0.29, 0.717) is 13.1 Å². The first-order valence-corrected chi connectivity index (χ1v) is 8.76. The van der Waals surface area contributed by atoms with Crippen LogP contribution in [0.1, 0.15) is 39.0 Å². The molecule has 2 aliphatic rings. The Hall–Kier alpha value is -1.63. The van der Waals surface area contributed by atoms with E-state index in [0.717, 1.165) is 31.6 Å². The van der Waals surface area contributed by atoms with Crippen LogP contribution in [0.2, 0.25) is 0 Å². The van der Waals surface area contributed by atoms with Gasteiger partial charge in [0.1, 0.15) is 6.04 Å². The number of amides is 2. The van der Waals surface area contributed by atoms with Crippen LogP contribution in [-0.4, -0.2) is 73.5 Å². The van der Waals surface area contributed by atoms with Crippen LogP contribution in [0.4, 0.5) is 0 Å². The van der Waals surface area contributed by atoms with Crippen LogP contribution in [0.15, 0.2) is 0 Å². The Morgan fingerprint density at radius 1 is 1.29 bits per heavy atom. The first-order valence-electron chi connectivity index (χ1n) is 8.76. The van der Waals surface area contributed by atoms with E-state index in [1.165, 1.54) is 7.11 Å². The molecular weight excluding hydrogens is 310 g/mol. The minimum atomic E-state index is -0.630. The molecule has 2 rings (SSSR count). The van der Waals surface area contributed by atoms with Gasteiger partial charge in [0.05, 0.1) is 20.1 Å². The zero-order chi connectivity index (χ0) is 17.7. The van der Waals surface area contributed by atoms with Crippen molar-refractivity contribution in [1.29, 1.82) is 0 Å². The SMILES string of the molecule is COC(=O)C[C@H]1C(=O)NCCN1CC(=O)N(C)C1CCC(C)CC1. The fraction of sp³-hybridized carbons (Fsp3) is 0.824. The summed E-state index contributed by atoms with van der Waals surface area (Å²) in [6.07, 6.45) is 4.35. The lowest BCUT2D eigenvalue weighted by Crippen LogP contribution is -2.58. The highest BCUT2D eigenvalue weighted by Gasteiger charge is 2.34. The predicted molar refractivity (Wildman–Crippen MR) is 89.2 cm³/mol. The summed E-state index contributed by atoms with van der Waals surface area (Å²) in [6, 6.07) is -0.346. The number of carbonyl (C=O) groups excluding carboxylic acids is 3. The Morgan fingerprint density at radius 3 is 2.58 bits per heavy atom. The fourth-order valence-corrected chi connectivity index (χ4v) is 3.53. The molecule has 2 fully saturated rings. The van der Waals surface area contributed by atoms with Crippen LogP contribution in [-0.2, 0) is 19.1 Å². The Balaban J connectivity index is 1.94. The van der Waals surface area contributed by atoms with Gasteiger partial charge in [-0.05, 0) is 31.6 Å². The van der Waals surface area contributed by atoms with E-state index in [4.69, 9.17) is 0 Å². The zero-order valence-corrected chi connectivity index (χ0v) is 14.9. The van der Waals surface area contributed by atoms with Crippen LogP contribution in [0, 0.1) is 5.92 Å². The van der Waals surface area contributed by atoms with Gasteiger partial charge < -0.3 is 15.0 Å². The number of esters is 1. The molecule has 0 bridgehead atoms. The van der Waals surface area contributed by atoms with Gasteiger partial charge in [0.15, 0.2) is 0 Å². The summed E-state index contributed by atoms with van der Waals surface area (Å²) >= 11 is 0. The smallest absolute Gasteiger partial charge is 0.307 e. The average molecular weight is 339 g/mol. The molecule has 1 saturated carbocycles. The minimum absolute atomic E-state index is 0.0131. The summed E-state index contributed by atoms with van der Waals surface area (Å²) in [6.45, 7) is 3.47. The molecule has 7 heteroatoms. The van der Waals surface area contributed by atoms with Crippen molar-refractivity contribution >= 4 is 17.8 Å². The number of likely N-dealkylation sites (N-methyl/N-ethyl adjacent to an activating group) is 1. The van der Waals surface area contributed by atoms with Crippen LogP contribution in [0.25, 0.3) is 0 Å². The summed E-state index contributed by atoms with van der Waals surface area (Å²) in [5.41, 5.74) is 0. The summed E-state index contributed by atoms with van der Waals surface area (Å²) in [5.74, 6) is 0.0943. The normalized spacial score (nSPS) is 28.1. The van der Waals surface area contributed by atoms with Gasteiger partial charge in [-0.25, -0.2) is 0 Å². The van der Waals surface area contributed by atoms with E-state index in [9.17, 15) is 14.4 Å². The van der Waals surface area contributed by atoms with Gasteiger partial charge in [-0.1, -0.05) is 6.92 Å². The third-order valence-corrected chi connectivity index (χ3v) is 5.29. The maximum absolute atomic E-state index is 12.6. The van der Waals surface area contributed by atoms with E-state index in [-0.39, 0.29) is 30.8 Å². The molecule has 0 radical (unpaired) electrons. The first kappa shape index (κ1) is 18.7. The number of ether oxygens (including phenoxy) is 1. The number of hydrogen-bond donors (Lipinski definition) is 1. The lowest BCUT2D eigenvalue weighted by atomic mass is 9.87. The molecular formula is C17H29N3O4. The highest BCUT2D eigenvalue weighted by atomic mass is 16.5. The quantitative estimate of drug-likeness (QED) is 0.733. The molecule has 1 atom stereocenters. The number of nitrogens with one attached hydrogen (secondary N) is 1. The van der Waals surface area contributed by atoms with Crippen LogP contribution < -0.4 is 5.32 Å². The highest BCUT2D eigenvalue weighted by molar-refractivity contribution is 5.88. The monoisotopic (exact) mass is 339 g/mol. The largest absolute Gasteiger partial charge is 0.469 e. The number of carbonyl (C=O) groups is 3. The molecule has 1 aliphatic carbocycles. The van der Waals surface area contributed by atoms with Gasteiger partial charge >= 0.3 is 5.97 Å². The summed E-state index contributed by atoms with van der Waals surface area (Å²) in [5, 5.41) is 2.75. The number of piperazine rings is 1. The molecule has 2 amide bonds. The standard InChI is InChI=1S/C17H29N3O4/c1-12-4-6-13(7-5-12)19(2)15(21)11-20-9-8-18-17(23)14(20)10-16(22)24-3/h12-14H,4-11H2,1-3H3,(H,18,23)/t12?,13?,14-/m0/s1. The first-order chi connectivity index (χ1) is 11.4. The number of hydrogen-bond acceptors (Lipinski definition) is 5. The highest BCUT2D eigenvalue weighted by Crippen LogP contribution is 2.26. The van der Waals surface area contributed by atoms with Crippen molar-refractivity contribution in [2.45, 2.75) is 51.1 Å². The minimum Gasteiger partial charge on any atom is -0.469 e. The molecule has 1 heterocycles. The summed E-state index contributed by atoms with van der Waals surface area (Å²) < 4.78 is 4.67. The molecule has 0 aromatic carbocycles. The molecule has 1 saturated heterocycles. The molecule has 136 valence electrons. The lowest BCUT2D eigenvalue weighted by Gasteiger charge is -2.37. The van der Waals surface area contributed by atoms with Crippen LogP contribution in [0.5, 0.6) is 0 Å². The van der Waals surface area contributed by atoms with Crippen LogP contribution >= 0.6 is 0 Å². The lowest BCUT2D eigenvalue weighted by molar-refractivity contribution is -0.147. The molecule has 24 heavy (non-hydrogen) atoms. The van der Waals surface area contributed by atoms with Crippen molar-refractivity contribution in [3.8, 4) is 0 Å². The van der Waals surface area contributed by atoms with Crippen molar-refractivity contribution in [3.63, 3.8) is 0 Å². The Bertz CT molecular complexity index is 474. The third kappa shape index (κ3) is 4.69.